The summed E-state index contributed by atoms with van der Waals surface area (Å²) in [4.78, 5) is 25.7. The number of benzene rings is 3. The summed E-state index contributed by atoms with van der Waals surface area (Å²) in [5, 5.41) is 14.5. The highest BCUT2D eigenvalue weighted by Crippen LogP contribution is 2.24. The molecule has 2 heterocycles. The summed E-state index contributed by atoms with van der Waals surface area (Å²) in [6.45, 7) is 2.91. The first-order valence-corrected chi connectivity index (χ1v) is 16.2. The number of thioether (sulfide) groups is 1. The van der Waals surface area contributed by atoms with Crippen molar-refractivity contribution in [3.05, 3.63) is 95.6 Å². The van der Waals surface area contributed by atoms with E-state index in [0.717, 1.165) is 36.6 Å². The quantitative estimate of drug-likeness (QED) is 0.249. The van der Waals surface area contributed by atoms with Crippen LogP contribution in [0.2, 0.25) is 0 Å². The molecule has 0 aliphatic carbocycles. The normalized spacial score (nSPS) is 13.9. The Morgan fingerprint density at radius 2 is 1.67 bits per heavy atom. The Morgan fingerprint density at radius 3 is 2.37 bits per heavy atom. The molecule has 4 aromatic rings. The Morgan fingerprint density at radius 1 is 0.953 bits per heavy atom. The van der Waals surface area contributed by atoms with Gasteiger partial charge in [-0.15, -0.1) is 10.2 Å². The van der Waals surface area contributed by atoms with E-state index in [4.69, 9.17) is 0 Å². The Balaban J connectivity index is 1.27. The zero-order valence-corrected chi connectivity index (χ0v) is 25.1. The smallest absolute Gasteiger partial charge is 0.251 e. The number of hydrogen-bond donors (Lipinski definition) is 2. The number of hydrogen-bond acceptors (Lipinski definition) is 7. The third-order valence-electron chi connectivity index (χ3n) is 6.90. The summed E-state index contributed by atoms with van der Waals surface area (Å²) in [6, 6.07) is 19.0. The van der Waals surface area contributed by atoms with Crippen LogP contribution in [0.1, 0.15) is 41.0 Å². The topological polar surface area (TPSA) is 126 Å². The summed E-state index contributed by atoms with van der Waals surface area (Å²) < 4.78 is 42.7. The monoisotopic (exact) mass is 622 g/mol. The molecule has 43 heavy (non-hydrogen) atoms. The Labute approximate surface area is 253 Å². The molecule has 0 unspecified atom stereocenters. The summed E-state index contributed by atoms with van der Waals surface area (Å²) in [6.07, 6.45) is 2.69. The van der Waals surface area contributed by atoms with Gasteiger partial charge in [0, 0.05) is 30.0 Å². The van der Waals surface area contributed by atoms with Gasteiger partial charge < -0.3 is 10.6 Å². The predicted molar refractivity (Wildman–Crippen MR) is 162 cm³/mol. The first-order chi connectivity index (χ1) is 20.7. The van der Waals surface area contributed by atoms with Crippen LogP contribution in [0, 0.1) is 12.7 Å². The third-order valence-corrected chi connectivity index (χ3v) is 9.74. The number of amides is 2. The van der Waals surface area contributed by atoms with Gasteiger partial charge >= 0.3 is 0 Å². The van der Waals surface area contributed by atoms with Crippen molar-refractivity contribution in [3.63, 3.8) is 0 Å². The Bertz CT molecular complexity index is 1700. The highest BCUT2D eigenvalue weighted by atomic mass is 32.2. The second-order valence-corrected chi connectivity index (χ2v) is 13.0. The molecular formula is C30H31FN6O4S2. The van der Waals surface area contributed by atoms with Gasteiger partial charge in [-0.25, -0.2) is 12.8 Å². The predicted octanol–water partition coefficient (Wildman–Crippen LogP) is 4.55. The van der Waals surface area contributed by atoms with Gasteiger partial charge in [0.15, 0.2) is 11.0 Å². The number of anilines is 1. The lowest BCUT2D eigenvalue weighted by Crippen LogP contribution is -2.35. The maximum Gasteiger partial charge on any atom is 0.251 e. The number of nitrogens with one attached hydrogen (secondary N) is 2. The average Bonchev–Trinajstić information content (AvgIpc) is 3.42. The highest BCUT2D eigenvalue weighted by molar-refractivity contribution is 7.99. The molecule has 5 rings (SSSR count). The maximum absolute atomic E-state index is 13.7. The van der Waals surface area contributed by atoms with E-state index in [9.17, 15) is 22.4 Å². The fourth-order valence-electron chi connectivity index (χ4n) is 4.70. The molecule has 0 atom stereocenters. The minimum absolute atomic E-state index is 0.0207. The van der Waals surface area contributed by atoms with E-state index in [-0.39, 0.29) is 28.7 Å². The first-order valence-electron chi connectivity index (χ1n) is 13.8. The molecule has 10 nitrogen and oxygen atoms in total. The minimum Gasteiger partial charge on any atom is -0.345 e. The minimum atomic E-state index is -3.61. The van der Waals surface area contributed by atoms with Crippen LogP contribution in [0.5, 0.6) is 0 Å². The molecule has 1 saturated heterocycles. The summed E-state index contributed by atoms with van der Waals surface area (Å²) >= 11 is 1.15. The van der Waals surface area contributed by atoms with Gasteiger partial charge in [-0.1, -0.05) is 30.3 Å². The van der Waals surface area contributed by atoms with Crippen LogP contribution >= 0.6 is 11.8 Å². The summed E-state index contributed by atoms with van der Waals surface area (Å²) in [5.74, 6) is -0.658. The van der Waals surface area contributed by atoms with Crippen LogP contribution in [0.4, 0.5) is 10.1 Å². The first kappa shape index (κ1) is 30.4. The van der Waals surface area contributed by atoms with Gasteiger partial charge in [-0.2, -0.15) is 4.31 Å². The number of rotatable bonds is 10. The van der Waals surface area contributed by atoms with Crippen LogP contribution in [-0.4, -0.2) is 58.1 Å². The summed E-state index contributed by atoms with van der Waals surface area (Å²) in [5.41, 5.74) is 2.55. The van der Waals surface area contributed by atoms with E-state index in [0.29, 0.717) is 35.4 Å². The average molecular weight is 623 g/mol. The van der Waals surface area contributed by atoms with E-state index in [1.54, 1.807) is 22.8 Å². The molecule has 1 aliphatic rings. The lowest BCUT2D eigenvalue weighted by Gasteiger charge is -2.25. The molecule has 1 aromatic heterocycles. The highest BCUT2D eigenvalue weighted by Gasteiger charge is 2.26. The molecule has 1 aliphatic heterocycles. The van der Waals surface area contributed by atoms with Crippen molar-refractivity contribution in [1.82, 2.24) is 24.4 Å². The molecule has 0 bridgehead atoms. The van der Waals surface area contributed by atoms with E-state index < -0.39 is 21.7 Å². The van der Waals surface area contributed by atoms with E-state index in [2.05, 4.69) is 20.8 Å². The second kappa shape index (κ2) is 13.5. The van der Waals surface area contributed by atoms with Gasteiger partial charge in [0.1, 0.15) is 5.82 Å². The van der Waals surface area contributed by atoms with Crippen LogP contribution < -0.4 is 10.6 Å². The molecule has 3 aromatic carbocycles. The van der Waals surface area contributed by atoms with Gasteiger partial charge in [-0.05, 0) is 86.0 Å². The van der Waals surface area contributed by atoms with Crippen molar-refractivity contribution in [1.29, 1.82) is 0 Å². The van der Waals surface area contributed by atoms with Crippen LogP contribution in [0.25, 0.3) is 5.69 Å². The molecule has 0 radical (unpaired) electrons. The van der Waals surface area contributed by atoms with Gasteiger partial charge in [0.25, 0.3) is 5.91 Å². The number of aryl methyl sites for hydroxylation is 1. The number of aromatic nitrogens is 3. The van der Waals surface area contributed by atoms with E-state index >= 15 is 0 Å². The van der Waals surface area contributed by atoms with Crippen molar-refractivity contribution in [2.45, 2.75) is 42.8 Å². The van der Waals surface area contributed by atoms with Gasteiger partial charge in [0.05, 0.1) is 17.2 Å². The number of piperidine rings is 1. The zero-order chi connectivity index (χ0) is 30.4. The molecule has 0 spiro atoms. The number of nitrogens with zero attached hydrogens (tertiary/aromatic N) is 4. The lowest BCUT2D eigenvalue weighted by atomic mass is 10.2. The molecule has 2 amide bonds. The van der Waals surface area contributed by atoms with Crippen molar-refractivity contribution < 1.29 is 22.4 Å². The summed E-state index contributed by atoms with van der Waals surface area (Å²) in [7, 11) is -3.61. The van der Waals surface area contributed by atoms with Gasteiger partial charge in [-0.3, -0.25) is 14.2 Å². The standard InChI is InChI=1S/C30H31FN6O4S2/c1-21-6-5-7-24(18-21)33-28(38)20-42-30-35-34-27(37(30)25-12-10-23(31)11-13-25)19-32-29(39)22-8-14-26(15-9-22)43(40,41)36-16-3-2-4-17-36/h5-15,18H,2-4,16-17,19-20H2,1H3,(H,32,39)(H,33,38). The van der Waals surface area contributed by atoms with Crippen molar-refractivity contribution in [3.8, 4) is 5.69 Å². The number of halogens is 1. The van der Waals surface area contributed by atoms with Crippen molar-refractivity contribution in [2.75, 3.05) is 24.2 Å². The van der Waals surface area contributed by atoms with Crippen molar-refractivity contribution in [2.24, 2.45) is 0 Å². The van der Waals surface area contributed by atoms with Crippen LogP contribution in [0.3, 0.4) is 0 Å². The fraction of sp³-hybridized carbons (Fsp3) is 0.267. The molecule has 0 saturated carbocycles. The maximum atomic E-state index is 13.7. The zero-order valence-electron chi connectivity index (χ0n) is 23.5. The SMILES string of the molecule is Cc1cccc(NC(=O)CSc2nnc(CNC(=O)c3ccc(S(=O)(=O)N4CCCCC4)cc3)n2-c2ccc(F)cc2)c1. The van der Waals surface area contributed by atoms with Gasteiger partial charge in [0.2, 0.25) is 15.9 Å². The third kappa shape index (κ3) is 7.48. The largest absolute Gasteiger partial charge is 0.345 e. The lowest BCUT2D eigenvalue weighted by molar-refractivity contribution is -0.113. The second-order valence-electron chi connectivity index (χ2n) is 10.1. The Hall–Kier alpha value is -4.07. The number of carbonyl (C=O) groups excluding carboxylic acids is 2. The van der Waals surface area contributed by atoms with Crippen LogP contribution in [0.15, 0.2) is 82.8 Å². The number of sulfonamides is 1. The van der Waals surface area contributed by atoms with Crippen molar-refractivity contribution >= 4 is 39.3 Å². The van der Waals surface area contributed by atoms with E-state index in [1.165, 1.54) is 40.7 Å². The molecule has 2 N–H and O–H groups in total. The van der Waals surface area contributed by atoms with Crippen LogP contribution in [-0.2, 0) is 21.4 Å². The molecule has 1 fully saturated rings. The molecular weight excluding hydrogens is 592 g/mol. The Kier molecular flexibility index (Phi) is 9.53. The molecule has 224 valence electrons. The fourth-order valence-corrected chi connectivity index (χ4v) is 6.99. The van der Waals surface area contributed by atoms with E-state index in [1.807, 2.05) is 25.1 Å². The number of carbonyl (C=O) groups is 2. The molecule has 13 heteroatoms.